The fraction of sp³-hybridized carbons (Fsp3) is 0.316. The van der Waals surface area contributed by atoms with Crippen LogP contribution in [0.1, 0.15) is 37.6 Å². The lowest BCUT2D eigenvalue weighted by molar-refractivity contribution is 0.102. The topological polar surface area (TPSA) is 47.6 Å². The van der Waals surface area contributed by atoms with Crippen molar-refractivity contribution in [3.8, 4) is 11.5 Å². The molecule has 0 spiro atoms. The highest BCUT2D eigenvalue weighted by atomic mass is 79.9. The third-order valence-electron chi connectivity index (χ3n) is 3.51. The zero-order valence-electron chi connectivity index (χ0n) is 14.1. The van der Waals surface area contributed by atoms with Gasteiger partial charge in [-0.05, 0) is 62.7 Å². The maximum Gasteiger partial charge on any atom is 0.259 e. The summed E-state index contributed by atoms with van der Waals surface area (Å²) in [5.74, 6) is 1.14. The first-order valence-corrected chi connectivity index (χ1v) is 8.83. The van der Waals surface area contributed by atoms with Crippen LogP contribution in [0.4, 0.5) is 5.69 Å². The molecule has 128 valence electrons. The Labute approximate surface area is 151 Å². The highest BCUT2D eigenvalue weighted by Gasteiger charge is 2.13. The van der Waals surface area contributed by atoms with Gasteiger partial charge in [0.25, 0.3) is 5.91 Å². The van der Waals surface area contributed by atoms with E-state index in [9.17, 15) is 4.79 Å². The third kappa shape index (κ3) is 4.99. The van der Waals surface area contributed by atoms with Gasteiger partial charge in [-0.2, -0.15) is 0 Å². The van der Waals surface area contributed by atoms with Crippen molar-refractivity contribution >= 4 is 27.5 Å². The average Bonchev–Trinajstić information content (AvgIpc) is 2.58. The second kappa shape index (κ2) is 8.73. The molecule has 0 aliphatic rings. The van der Waals surface area contributed by atoms with E-state index in [1.807, 2.05) is 44.2 Å². The summed E-state index contributed by atoms with van der Waals surface area (Å²) in [6, 6.07) is 12.7. The number of hydrogen-bond acceptors (Lipinski definition) is 3. The summed E-state index contributed by atoms with van der Waals surface area (Å²) in [6.45, 7) is 6.49. The van der Waals surface area contributed by atoms with Crippen LogP contribution in [0.25, 0.3) is 0 Å². The van der Waals surface area contributed by atoms with Gasteiger partial charge in [-0.3, -0.25) is 4.79 Å². The van der Waals surface area contributed by atoms with Gasteiger partial charge < -0.3 is 14.8 Å². The number of carbonyl (C=O) groups excluding carboxylic acids is 1. The van der Waals surface area contributed by atoms with Gasteiger partial charge in [-0.15, -0.1) is 0 Å². The lowest BCUT2D eigenvalue weighted by Crippen LogP contribution is -2.14. The molecule has 0 bridgehead atoms. The van der Waals surface area contributed by atoms with Crippen LogP contribution in [0.2, 0.25) is 0 Å². The van der Waals surface area contributed by atoms with E-state index < -0.39 is 0 Å². The molecule has 1 amide bonds. The van der Waals surface area contributed by atoms with E-state index >= 15 is 0 Å². The average molecular weight is 392 g/mol. The summed E-state index contributed by atoms with van der Waals surface area (Å²) in [5.41, 5.74) is 1.20. The molecule has 0 radical (unpaired) electrons. The van der Waals surface area contributed by atoms with Gasteiger partial charge in [0.2, 0.25) is 0 Å². The molecule has 24 heavy (non-hydrogen) atoms. The summed E-state index contributed by atoms with van der Waals surface area (Å²) in [7, 11) is 0. The molecular weight excluding hydrogens is 370 g/mol. The minimum atomic E-state index is -0.213. The van der Waals surface area contributed by atoms with E-state index in [1.165, 1.54) is 0 Å². The summed E-state index contributed by atoms with van der Waals surface area (Å²) in [6.07, 6.45) is 1.11. The first-order chi connectivity index (χ1) is 11.5. The highest BCUT2D eigenvalue weighted by molar-refractivity contribution is 9.10. The maximum absolute atomic E-state index is 12.5. The molecule has 2 aromatic carbocycles. The molecule has 1 atom stereocenters. The largest absolute Gasteiger partial charge is 0.493 e. The van der Waals surface area contributed by atoms with Crippen LogP contribution in [0.15, 0.2) is 46.9 Å². The Morgan fingerprint density at radius 2 is 1.88 bits per heavy atom. The van der Waals surface area contributed by atoms with Crippen LogP contribution in [-0.2, 0) is 0 Å². The van der Waals surface area contributed by atoms with Crippen molar-refractivity contribution in [1.82, 2.24) is 0 Å². The Balaban J connectivity index is 2.11. The smallest absolute Gasteiger partial charge is 0.259 e. The lowest BCUT2D eigenvalue weighted by Gasteiger charge is -2.14. The Hall–Kier alpha value is -2.01. The molecule has 0 heterocycles. The predicted molar refractivity (Wildman–Crippen MR) is 100 cm³/mol. The molecule has 0 aromatic heterocycles. The Bertz CT molecular complexity index is 686. The van der Waals surface area contributed by atoms with Crippen molar-refractivity contribution in [3.05, 3.63) is 52.5 Å². The number of amides is 1. The Morgan fingerprint density at radius 1 is 1.17 bits per heavy atom. The van der Waals surface area contributed by atoms with Gasteiger partial charge >= 0.3 is 0 Å². The van der Waals surface area contributed by atoms with Gasteiger partial charge in [-0.1, -0.05) is 22.9 Å². The molecular formula is C19H22BrNO3. The number of anilines is 1. The quantitative estimate of drug-likeness (QED) is 0.698. The third-order valence-corrected chi connectivity index (χ3v) is 4.00. The van der Waals surface area contributed by atoms with E-state index in [4.69, 9.17) is 9.47 Å². The van der Waals surface area contributed by atoms with Crippen molar-refractivity contribution in [3.63, 3.8) is 0 Å². The zero-order chi connectivity index (χ0) is 17.5. The highest BCUT2D eigenvalue weighted by Crippen LogP contribution is 2.25. The maximum atomic E-state index is 12.5. The normalized spacial score (nSPS) is 11.7. The molecule has 2 aromatic rings. The fourth-order valence-corrected chi connectivity index (χ4v) is 2.45. The summed E-state index contributed by atoms with van der Waals surface area (Å²) in [5, 5.41) is 2.88. The Morgan fingerprint density at radius 3 is 2.50 bits per heavy atom. The van der Waals surface area contributed by atoms with Crippen molar-refractivity contribution < 1.29 is 14.3 Å². The lowest BCUT2D eigenvalue weighted by atomic mass is 10.2. The number of benzene rings is 2. The first kappa shape index (κ1) is 18.3. The molecule has 0 aliphatic heterocycles. The van der Waals surface area contributed by atoms with Gasteiger partial charge in [-0.25, -0.2) is 0 Å². The minimum absolute atomic E-state index is 0.167. The first-order valence-electron chi connectivity index (χ1n) is 8.03. The van der Waals surface area contributed by atoms with Crippen LogP contribution in [0.5, 0.6) is 11.5 Å². The molecule has 0 saturated heterocycles. The molecule has 5 heteroatoms. The number of ether oxygens (including phenoxy) is 2. The predicted octanol–water partition coefficient (Wildman–Crippen LogP) is 5.28. The van der Waals surface area contributed by atoms with Crippen LogP contribution < -0.4 is 14.8 Å². The molecule has 0 aliphatic carbocycles. The van der Waals surface area contributed by atoms with Crippen LogP contribution in [-0.4, -0.2) is 18.6 Å². The molecule has 0 fully saturated rings. The van der Waals surface area contributed by atoms with Gasteiger partial charge in [0.15, 0.2) is 0 Å². The summed E-state index contributed by atoms with van der Waals surface area (Å²) >= 11 is 3.39. The second-order valence-electron chi connectivity index (χ2n) is 5.39. The molecule has 0 saturated carbocycles. The van der Waals surface area contributed by atoms with E-state index in [1.54, 1.807) is 12.1 Å². The van der Waals surface area contributed by atoms with E-state index in [0.717, 1.165) is 16.6 Å². The van der Waals surface area contributed by atoms with Crippen LogP contribution >= 0.6 is 15.9 Å². The molecule has 4 nitrogen and oxygen atoms in total. The van der Waals surface area contributed by atoms with Crippen molar-refractivity contribution in [2.45, 2.75) is 33.3 Å². The summed E-state index contributed by atoms with van der Waals surface area (Å²) < 4.78 is 12.1. The van der Waals surface area contributed by atoms with Crippen LogP contribution in [0.3, 0.4) is 0 Å². The number of hydrogen-bond donors (Lipinski definition) is 1. The van der Waals surface area contributed by atoms with E-state index in [-0.39, 0.29) is 12.0 Å². The van der Waals surface area contributed by atoms with E-state index in [2.05, 4.69) is 28.2 Å². The molecule has 1 unspecified atom stereocenters. The molecule has 1 N–H and O–H groups in total. The monoisotopic (exact) mass is 391 g/mol. The number of carbonyl (C=O) groups is 1. The fourth-order valence-electron chi connectivity index (χ4n) is 2.09. The van der Waals surface area contributed by atoms with Crippen molar-refractivity contribution in [2.24, 2.45) is 0 Å². The van der Waals surface area contributed by atoms with Gasteiger partial charge in [0, 0.05) is 10.2 Å². The van der Waals surface area contributed by atoms with Crippen molar-refractivity contribution in [2.75, 3.05) is 11.9 Å². The van der Waals surface area contributed by atoms with Crippen molar-refractivity contribution in [1.29, 1.82) is 0 Å². The van der Waals surface area contributed by atoms with Gasteiger partial charge in [0.05, 0.1) is 18.3 Å². The standard InChI is InChI=1S/C19H22BrNO3/c1-4-13(3)24-16-9-7-15(8-10-16)21-19(22)17-12-14(20)6-11-18(17)23-5-2/h6-13H,4-5H2,1-3H3,(H,21,22). The number of rotatable bonds is 7. The molecule has 2 rings (SSSR count). The Kier molecular flexibility index (Phi) is 6.67. The number of halogens is 1. The second-order valence-corrected chi connectivity index (χ2v) is 6.30. The minimum Gasteiger partial charge on any atom is -0.493 e. The van der Waals surface area contributed by atoms with E-state index in [0.29, 0.717) is 23.6 Å². The summed E-state index contributed by atoms with van der Waals surface area (Å²) in [4.78, 5) is 12.5. The number of nitrogens with one attached hydrogen (secondary N) is 1. The SMILES string of the molecule is CCOc1ccc(Br)cc1C(=O)Nc1ccc(OC(C)CC)cc1. The van der Waals surface area contributed by atoms with Gasteiger partial charge in [0.1, 0.15) is 11.5 Å². The van der Waals surface area contributed by atoms with Crippen LogP contribution in [0, 0.1) is 0 Å². The zero-order valence-corrected chi connectivity index (χ0v) is 15.7.